The molecule has 1 amide bonds. The van der Waals surface area contributed by atoms with E-state index in [1.807, 2.05) is 6.08 Å². The fourth-order valence-corrected chi connectivity index (χ4v) is 10.1. The maximum absolute atomic E-state index is 13.4. The van der Waals surface area contributed by atoms with Gasteiger partial charge in [0, 0.05) is 6.42 Å². The van der Waals surface area contributed by atoms with Crippen LogP contribution in [0.3, 0.4) is 0 Å². The third-order valence-corrected chi connectivity index (χ3v) is 15.1. The molecule has 1 aliphatic heterocycles. The molecule has 74 heavy (non-hydrogen) atoms. The zero-order valence-corrected chi connectivity index (χ0v) is 48.2. The summed E-state index contributed by atoms with van der Waals surface area (Å²) in [6, 6.07) is -1.02. The maximum Gasteiger partial charge on any atom is 0.306 e. The number of carbonyl (C=O) groups is 2. The number of carbonyl (C=O) groups excluding carboxylic acids is 2. The van der Waals surface area contributed by atoms with Crippen LogP contribution in [-0.2, 0) is 23.8 Å². The number of esters is 1. The van der Waals surface area contributed by atoms with Crippen LogP contribution in [0.5, 0.6) is 0 Å². The monoisotopic (exact) mass is 1050 g/mol. The summed E-state index contributed by atoms with van der Waals surface area (Å²) in [5.41, 5.74) is 0. The highest BCUT2D eigenvalue weighted by molar-refractivity contribution is 5.80. The average molecular weight is 1050 g/mol. The van der Waals surface area contributed by atoms with Gasteiger partial charge < -0.3 is 45.1 Å². The van der Waals surface area contributed by atoms with Crippen LogP contribution in [0.1, 0.15) is 303 Å². The van der Waals surface area contributed by atoms with Crippen molar-refractivity contribution in [3.8, 4) is 0 Å². The van der Waals surface area contributed by atoms with Gasteiger partial charge in [-0.25, -0.2) is 0 Å². The normalized spacial score (nSPS) is 19.4. The second-order valence-corrected chi connectivity index (χ2v) is 22.1. The summed E-state index contributed by atoms with van der Waals surface area (Å²) in [5, 5.41) is 57.0. The first kappa shape index (κ1) is 70.2. The minimum Gasteiger partial charge on any atom is -0.454 e. The Balaban J connectivity index is 2.68. The van der Waals surface area contributed by atoms with Gasteiger partial charge in [-0.05, 0) is 51.4 Å². The highest BCUT2D eigenvalue weighted by atomic mass is 16.7. The molecule has 11 heteroatoms. The lowest BCUT2D eigenvalue weighted by Gasteiger charge is -2.41. The highest BCUT2D eigenvalue weighted by Crippen LogP contribution is 2.26. The number of amides is 1. The molecule has 0 bridgehead atoms. The highest BCUT2D eigenvalue weighted by Gasteiger charge is 2.47. The van der Waals surface area contributed by atoms with E-state index in [0.717, 1.165) is 64.2 Å². The Morgan fingerprint density at radius 1 is 0.514 bits per heavy atom. The Labute approximate surface area is 454 Å². The number of allylic oxidation sites excluding steroid dienone is 3. The summed E-state index contributed by atoms with van der Waals surface area (Å²) in [6.07, 6.45) is 49.3. The molecule has 0 radical (unpaired) electrons. The van der Waals surface area contributed by atoms with Gasteiger partial charge in [-0.2, -0.15) is 0 Å². The van der Waals surface area contributed by atoms with Crippen molar-refractivity contribution in [3.05, 3.63) is 24.3 Å². The van der Waals surface area contributed by atoms with E-state index in [1.54, 1.807) is 6.08 Å². The van der Waals surface area contributed by atoms with Crippen LogP contribution in [0.25, 0.3) is 0 Å². The smallest absolute Gasteiger partial charge is 0.306 e. The molecule has 6 N–H and O–H groups in total. The molecule has 0 aliphatic carbocycles. The predicted octanol–water partition coefficient (Wildman–Crippen LogP) is 14.9. The second kappa shape index (κ2) is 51.9. The largest absolute Gasteiger partial charge is 0.454 e. The van der Waals surface area contributed by atoms with E-state index in [4.69, 9.17) is 14.2 Å². The van der Waals surface area contributed by atoms with Crippen LogP contribution in [0.2, 0.25) is 0 Å². The van der Waals surface area contributed by atoms with Crippen molar-refractivity contribution in [1.29, 1.82) is 0 Å². The Morgan fingerprint density at radius 2 is 0.892 bits per heavy atom. The molecular weight excluding hydrogens is 931 g/mol. The quantitative estimate of drug-likeness (QED) is 0.0195. The van der Waals surface area contributed by atoms with Crippen LogP contribution < -0.4 is 5.32 Å². The van der Waals surface area contributed by atoms with Gasteiger partial charge in [0.05, 0.1) is 25.4 Å². The first-order valence-corrected chi connectivity index (χ1v) is 31.6. The molecule has 0 aromatic carbocycles. The van der Waals surface area contributed by atoms with Gasteiger partial charge in [-0.1, -0.05) is 270 Å². The number of nitrogens with one attached hydrogen (secondary N) is 1. The lowest BCUT2D eigenvalue weighted by Crippen LogP contribution is -2.61. The van der Waals surface area contributed by atoms with E-state index in [2.05, 4.69) is 38.2 Å². The Morgan fingerprint density at radius 3 is 1.31 bits per heavy atom. The fourth-order valence-electron chi connectivity index (χ4n) is 10.1. The van der Waals surface area contributed by atoms with Gasteiger partial charge in [0.1, 0.15) is 24.4 Å². The summed E-state index contributed by atoms with van der Waals surface area (Å²) < 4.78 is 17.6. The topological polar surface area (TPSA) is 175 Å². The lowest BCUT2D eigenvalue weighted by molar-refractivity contribution is -0.305. The van der Waals surface area contributed by atoms with Gasteiger partial charge in [-0.15, -0.1) is 0 Å². The standard InChI is InChI=1S/C63H119NO10/c1-4-7-10-13-16-19-22-25-27-28-29-30-32-35-38-41-44-47-50-56(67)62(71)64-54(55(66)49-46-43-40-37-34-31-24-21-18-15-12-9-6-3)53-72-63-61(60(70)59(69)57(52-65)73-63)74-58(68)51-48-45-42-39-36-33-26-23-20-17-14-11-8-5-2/h33,36,46,49,54-57,59-61,63,65-67,69-70H,4-32,34-35,37-45,47-48,50-53H2,1-3H3,(H,64,71)/b36-33-,49-46+. The van der Waals surface area contributed by atoms with Crippen molar-refractivity contribution in [2.45, 2.75) is 352 Å². The van der Waals surface area contributed by atoms with Crippen molar-refractivity contribution >= 4 is 11.9 Å². The zero-order chi connectivity index (χ0) is 54.0. The summed E-state index contributed by atoms with van der Waals surface area (Å²) in [4.78, 5) is 26.5. The van der Waals surface area contributed by atoms with Crippen LogP contribution in [0.15, 0.2) is 24.3 Å². The lowest BCUT2D eigenvalue weighted by atomic mass is 9.99. The molecule has 1 saturated heterocycles. The zero-order valence-electron chi connectivity index (χ0n) is 48.2. The van der Waals surface area contributed by atoms with Crippen LogP contribution in [0, 0.1) is 0 Å². The Hall–Kier alpha value is -1.86. The Kier molecular flexibility index (Phi) is 49.2. The number of hydrogen-bond donors (Lipinski definition) is 6. The summed E-state index contributed by atoms with van der Waals surface area (Å²) in [6.45, 7) is 5.81. The van der Waals surface area contributed by atoms with E-state index in [-0.39, 0.29) is 13.0 Å². The third-order valence-electron chi connectivity index (χ3n) is 15.1. The molecule has 1 rings (SSSR count). The number of unbranched alkanes of at least 4 members (excludes halogenated alkanes) is 38. The molecule has 11 nitrogen and oxygen atoms in total. The molecule has 1 heterocycles. The van der Waals surface area contributed by atoms with E-state index >= 15 is 0 Å². The predicted molar refractivity (Wildman–Crippen MR) is 306 cm³/mol. The third kappa shape index (κ3) is 39.5. The molecule has 0 spiro atoms. The van der Waals surface area contributed by atoms with Crippen LogP contribution >= 0.6 is 0 Å². The molecule has 436 valence electrons. The van der Waals surface area contributed by atoms with Crippen molar-refractivity contribution in [1.82, 2.24) is 5.32 Å². The Bertz CT molecular complexity index is 1300. The van der Waals surface area contributed by atoms with Crippen molar-refractivity contribution in [3.63, 3.8) is 0 Å². The van der Waals surface area contributed by atoms with Crippen LogP contribution in [-0.4, -0.2) is 99.6 Å². The first-order chi connectivity index (χ1) is 36.2. The number of aliphatic hydroxyl groups is 5. The SMILES string of the molecule is CCCCCCCCC/C=C\CCCCCC(=O)OC1C(OCC(NC(=O)C(O)CCCCCCCCCCCCCCCCCCCC)C(O)/C=C/CCCCCCCCCCCCC)OC(CO)C(O)C1O. The molecule has 1 aliphatic rings. The van der Waals surface area contributed by atoms with Crippen molar-refractivity contribution < 1.29 is 49.3 Å². The van der Waals surface area contributed by atoms with Gasteiger partial charge in [0.2, 0.25) is 5.91 Å². The summed E-state index contributed by atoms with van der Waals surface area (Å²) >= 11 is 0. The molecule has 1 fully saturated rings. The van der Waals surface area contributed by atoms with Gasteiger partial charge in [-0.3, -0.25) is 9.59 Å². The first-order valence-electron chi connectivity index (χ1n) is 31.6. The van der Waals surface area contributed by atoms with E-state index in [1.165, 1.54) is 193 Å². The van der Waals surface area contributed by atoms with Crippen molar-refractivity contribution in [2.24, 2.45) is 0 Å². The molecule has 0 saturated carbocycles. The molecule has 8 atom stereocenters. The number of ether oxygens (including phenoxy) is 3. The minimum atomic E-state index is -1.61. The second-order valence-electron chi connectivity index (χ2n) is 22.1. The fraction of sp³-hybridized carbons (Fsp3) is 0.905. The maximum atomic E-state index is 13.4. The average Bonchev–Trinajstić information content (AvgIpc) is 3.40. The van der Waals surface area contributed by atoms with Gasteiger partial charge in [0.25, 0.3) is 0 Å². The van der Waals surface area contributed by atoms with Crippen molar-refractivity contribution in [2.75, 3.05) is 13.2 Å². The number of rotatable bonds is 54. The molecule has 0 aromatic heterocycles. The molecule has 0 aromatic rings. The van der Waals surface area contributed by atoms with Crippen LogP contribution in [0.4, 0.5) is 0 Å². The van der Waals surface area contributed by atoms with Gasteiger partial charge in [0.15, 0.2) is 12.4 Å². The number of aliphatic hydroxyl groups excluding tert-OH is 5. The number of hydrogen-bond acceptors (Lipinski definition) is 10. The molecule has 8 unspecified atom stereocenters. The summed E-state index contributed by atoms with van der Waals surface area (Å²) in [7, 11) is 0. The summed E-state index contributed by atoms with van der Waals surface area (Å²) in [5.74, 6) is -1.20. The molecular formula is C63H119NO10. The van der Waals surface area contributed by atoms with Gasteiger partial charge >= 0.3 is 5.97 Å². The van der Waals surface area contributed by atoms with E-state index in [0.29, 0.717) is 19.3 Å². The minimum absolute atomic E-state index is 0.107. The van der Waals surface area contributed by atoms with E-state index in [9.17, 15) is 35.1 Å². The van der Waals surface area contributed by atoms with E-state index < -0.39 is 67.4 Å².